The molecule has 1 aromatic carbocycles. The van der Waals surface area contributed by atoms with Crippen LogP contribution in [0.1, 0.15) is 23.6 Å². The average Bonchev–Trinajstić information content (AvgIpc) is 2.56. The Morgan fingerprint density at radius 1 is 1.05 bits per heavy atom. The summed E-state index contributed by atoms with van der Waals surface area (Å²) in [6.07, 6.45) is 5.65. The zero-order chi connectivity index (χ0) is 15.1. The lowest BCUT2D eigenvalue weighted by Crippen LogP contribution is -2.17. The summed E-state index contributed by atoms with van der Waals surface area (Å²) in [4.78, 5) is 4.05. The highest BCUT2D eigenvalue weighted by Crippen LogP contribution is 2.28. The van der Waals surface area contributed by atoms with Crippen LogP contribution in [0.3, 0.4) is 0 Å². The Morgan fingerprint density at radius 2 is 1.67 bits per heavy atom. The van der Waals surface area contributed by atoms with Crippen molar-refractivity contribution in [1.29, 1.82) is 0 Å². The Morgan fingerprint density at radius 3 is 2.19 bits per heavy atom. The van der Waals surface area contributed by atoms with Gasteiger partial charge in [-0.05, 0) is 55.3 Å². The van der Waals surface area contributed by atoms with E-state index in [0.29, 0.717) is 0 Å². The van der Waals surface area contributed by atoms with E-state index >= 15 is 0 Å². The highest BCUT2D eigenvalue weighted by Gasteiger charge is 2.12. The topological polar surface area (TPSA) is 43.4 Å². The highest BCUT2D eigenvalue weighted by atomic mass is 16.5. The quantitative estimate of drug-likeness (QED) is 0.849. The minimum absolute atomic E-state index is 0.252. The predicted octanol–water partition coefficient (Wildman–Crippen LogP) is 2.99. The molecular formula is C17H22N2O2. The molecule has 1 atom stereocenters. The molecule has 0 aliphatic rings. The van der Waals surface area contributed by atoms with Gasteiger partial charge >= 0.3 is 0 Å². The second-order valence-electron chi connectivity index (χ2n) is 4.88. The maximum absolute atomic E-state index is 5.34. The van der Waals surface area contributed by atoms with Crippen LogP contribution in [0.5, 0.6) is 11.5 Å². The SMILES string of the molecule is CNC(CCc1ccncc1)c1cc(OC)cc(OC)c1. The summed E-state index contributed by atoms with van der Waals surface area (Å²) in [7, 11) is 5.32. The van der Waals surface area contributed by atoms with Gasteiger partial charge in [-0.25, -0.2) is 0 Å². The first-order valence-corrected chi connectivity index (χ1v) is 7.06. The normalized spacial score (nSPS) is 12.0. The summed E-state index contributed by atoms with van der Waals surface area (Å²) < 4.78 is 10.7. The molecule has 21 heavy (non-hydrogen) atoms. The molecule has 0 bridgehead atoms. The fourth-order valence-corrected chi connectivity index (χ4v) is 2.37. The maximum atomic E-state index is 5.34. The van der Waals surface area contributed by atoms with Crippen molar-refractivity contribution < 1.29 is 9.47 Å². The zero-order valence-corrected chi connectivity index (χ0v) is 12.8. The number of nitrogens with zero attached hydrogens (tertiary/aromatic N) is 1. The van der Waals surface area contributed by atoms with Crippen LogP contribution in [0.4, 0.5) is 0 Å². The van der Waals surface area contributed by atoms with Gasteiger partial charge in [0.25, 0.3) is 0 Å². The number of aromatic nitrogens is 1. The smallest absolute Gasteiger partial charge is 0.122 e. The lowest BCUT2D eigenvalue weighted by atomic mass is 9.99. The van der Waals surface area contributed by atoms with Crippen LogP contribution in [0, 0.1) is 0 Å². The molecule has 0 radical (unpaired) electrons. The largest absolute Gasteiger partial charge is 0.497 e. The van der Waals surface area contributed by atoms with Crippen molar-refractivity contribution in [3.05, 3.63) is 53.9 Å². The van der Waals surface area contributed by atoms with E-state index in [4.69, 9.17) is 9.47 Å². The first-order chi connectivity index (χ1) is 10.3. The van der Waals surface area contributed by atoms with Gasteiger partial charge in [-0.1, -0.05) is 0 Å². The Kier molecular flexibility index (Phi) is 5.58. The number of nitrogens with one attached hydrogen (secondary N) is 1. The molecule has 2 rings (SSSR count). The van der Waals surface area contributed by atoms with E-state index in [9.17, 15) is 0 Å². The molecule has 1 aromatic heterocycles. The van der Waals surface area contributed by atoms with Gasteiger partial charge in [-0.2, -0.15) is 0 Å². The first-order valence-electron chi connectivity index (χ1n) is 7.06. The van der Waals surface area contributed by atoms with Crippen LogP contribution >= 0.6 is 0 Å². The van der Waals surface area contributed by atoms with Gasteiger partial charge in [0.15, 0.2) is 0 Å². The lowest BCUT2D eigenvalue weighted by Gasteiger charge is -2.18. The molecule has 1 unspecified atom stereocenters. The summed E-state index contributed by atoms with van der Waals surface area (Å²) >= 11 is 0. The molecular weight excluding hydrogens is 264 g/mol. The Hall–Kier alpha value is -2.07. The van der Waals surface area contributed by atoms with Crippen molar-refractivity contribution in [3.63, 3.8) is 0 Å². The highest BCUT2D eigenvalue weighted by molar-refractivity contribution is 5.39. The molecule has 4 nitrogen and oxygen atoms in total. The third-order valence-electron chi connectivity index (χ3n) is 3.60. The number of rotatable bonds is 7. The minimum Gasteiger partial charge on any atom is -0.497 e. The number of benzene rings is 1. The Balaban J connectivity index is 2.13. The van der Waals surface area contributed by atoms with Crippen LogP contribution in [0.15, 0.2) is 42.7 Å². The molecule has 0 saturated heterocycles. The molecule has 0 saturated carbocycles. The summed E-state index contributed by atoms with van der Waals surface area (Å²) in [6, 6.07) is 10.4. The van der Waals surface area contributed by atoms with E-state index in [-0.39, 0.29) is 6.04 Å². The van der Waals surface area contributed by atoms with Crippen molar-refractivity contribution >= 4 is 0 Å². The van der Waals surface area contributed by atoms with Crippen LogP contribution in [0.25, 0.3) is 0 Å². The molecule has 0 fully saturated rings. The second-order valence-corrected chi connectivity index (χ2v) is 4.88. The van der Waals surface area contributed by atoms with E-state index in [0.717, 1.165) is 24.3 Å². The fraction of sp³-hybridized carbons (Fsp3) is 0.353. The fourth-order valence-electron chi connectivity index (χ4n) is 2.37. The van der Waals surface area contributed by atoms with Crippen LogP contribution < -0.4 is 14.8 Å². The van der Waals surface area contributed by atoms with Gasteiger partial charge in [0.05, 0.1) is 14.2 Å². The molecule has 4 heteroatoms. The zero-order valence-electron chi connectivity index (χ0n) is 12.8. The summed E-state index contributed by atoms with van der Waals surface area (Å²) in [5.74, 6) is 1.63. The lowest BCUT2D eigenvalue weighted by molar-refractivity contribution is 0.391. The number of pyridine rings is 1. The third kappa shape index (κ3) is 4.20. The van der Waals surface area contributed by atoms with Crippen molar-refractivity contribution in [2.24, 2.45) is 0 Å². The molecule has 0 spiro atoms. The molecule has 0 aliphatic carbocycles. The van der Waals surface area contributed by atoms with Gasteiger partial charge in [-0.3, -0.25) is 4.98 Å². The van der Waals surface area contributed by atoms with Gasteiger partial charge in [0.1, 0.15) is 11.5 Å². The third-order valence-corrected chi connectivity index (χ3v) is 3.60. The monoisotopic (exact) mass is 286 g/mol. The van der Waals surface area contributed by atoms with Gasteiger partial charge < -0.3 is 14.8 Å². The number of hydrogen-bond acceptors (Lipinski definition) is 4. The van der Waals surface area contributed by atoms with E-state index in [2.05, 4.69) is 34.6 Å². The summed E-state index contributed by atoms with van der Waals surface area (Å²) in [5.41, 5.74) is 2.46. The number of aryl methyl sites for hydroxylation is 1. The molecule has 0 amide bonds. The van der Waals surface area contributed by atoms with Crippen molar-refractivity contribution in [2.45, 2.75) is 18.9 Å². The molecule has 1 N–H and O–H groups in total. The van der Waals surface area contributed by atoms with Crippen molar-refractivity contribution in [3.8, 4) is 11.5 Å². The Labute approximate surface area is 126 Å². The van der Waals surface area contributed by atoms with Crippen molar-refractivity contribution in [1.82, 2.24) is 10.3 Å². The number of ether oxygens (including phenoxy) is 2. The van der Waals surface area contributed by atoms with Gasteiger partial charge in [0, 0.05) is 24.5 Å². The predicted molar refractivity (Wildman–Crippen MR) is 83.9 cm³/mol. The maximum Gasteiger partial charge on any atom is 0.122 e. The van der Waals surface area contributed by atoms with E-state index in [1.165, 1.54) is 11.1 Å². The van der Waals surface area contributed by atoms with Gasteiger partial charge in [-0.15, -0.1) is 0 Å². The average molecular weight is 286 g/mol. The second kappa shape index (κ2) is 7.64. The number of methoxy groups -OCH3 is 2. The molecule has 2 aromatic rings. The van der Waals surface area contributed by atoms with Gasteiger partial charge in [0.2, 0.25) is 0 Å². The summed E-state index contributed by atoms with van der Waals surface area (Å²) in [5, 5.41) is 3.36. The number of hydrogen-bond donors (Lipinski definition) is 1. The minimum atomic E-state index is 0.252. The first kappa shape index (κ1) is 15.3. The molecule has 0 aliphatic heterocycles. The van der Waals surface area contributed by atoms with E-state index < -0.39 is 0 Å². The van der Waals surface area contributed by atoms with Crippen LogP contribution in [-0.4, -0.2) is 26.3 Å². The molecule has 1 heterocycles. The van der Waals surface area contributed by atoms with Crippen LogP contribution in [0.2, 0.25) is 0 Å². The van der Waals surface area contributed by atoms with E-state index in [1.54, 1.807) is 14.2 Å². The van der Waals surface area contributed by atoms with Crippen molar-refractivity contribution in [2.75, 3.05) is 21.3 Å². The standard InChI is InChI=1S/C17H22N2O2/c1-18-17(5-4-13-6-8-19-9-7-13)14-10-15(20-2)12-16(11-14)21-3/h6-12,17-18H,4-5H2,1-3H3. The molecule has 112 valence electrons. The Bertz CT molecular complexity index is 536. The van der Waals surface area contributed by atoms with E-state index in [1.807, 2.05) is 25.5 Å². The van der Waals surface area contributed by atoms with Crippen LogP contribution in [-0.2, 0) is 6.42 Å². The summed E-state index contributed by atoms with van der Waals surface area (Å²) in [6.45, 7) is 0.